The van der Waals surface area contributed by atoms with Crippen LogP contribution in [0.3, 0.4) is 0 Å². The summed E-state index contributed by atoms with van der Waals surface area (Å²) in [6.45, 7) is 3.50. The highest BCUT2D eigenvalue weighted by atomic mass is 31.2. The number of carboxylic acid groups (broad SMARTS) is 1. The number of aliphatic carboxylic acids is 1. The summed E-state index contributed by atoms with van der Waals surface area (Å²) in [6.07, 6.45) is 1.40. The molecule has 4 N–H and O–H groups in total. The van der Waals surface area contributed by atoms with Crippen molar-refractivity contribution in [3.05, 3.63) is 12.7 Å². The van der Waals surface area contributed by atoms with Crippen molar-refractivity contribution < 1.29 is 24.3 Å². The van der Waals surface area contributed by atoms with Crippen molar-refractivity contribution in [3.63, 3.8) is 0 Å². The summed E-state index contributed by atoms with van der Waals surface area (Å²) in [4.78, 5) is 27.6. The van der Waals surface area contributed by atoms with Gasteiger partial charge in [-0.05, 0) is 13.0 Å². The summed E-state index contributed by atoms with van der Waals surface area (Å²) >= 11 is 0. The van der Waals surface area contributed by atoms with Crippen molar-refractivity contribution >= 4 is 13.6 Å². The zero-order chi connectivity index (χ0) is 11.2. The summed E-state index contributed by atoms with van der Waals surface area (Å²) in [7, 11) is -4.22. The van der Waals surface area contributed by atoms with Gasteiger partial charge in [-0.3, -0.25) is 9.36 Å². The van der Waals surface area contributed by atoms with E-state index >= 15 is 0 Å². The van der Waals surface area contributed by atoms with Crippen LogP contribution in [-0.2, 0) is 9.36 Å². The standard InChI is InChI=1S/C7H14NO5P/c1-2-6(14(11,12)13)8-5-3-4-7(9)10/h2,6,8H,1,3-5H2,(H,9,10)(H2,11,12,13). The van der Waals surface area contributed by atoms with Crippen LogP contribution in [0.2, 0.25) is 0 Å². The molecular weight excluding hydrogens is 209 g/mol. The van der Waals surface area contributed by atoms with E-state index in [1.165, 1.54) is 0 Å². The second kappa shape index (κ2) is 5.93. The molecule has 0 aliphatic heterocycles. The Labute approximate surface area is 81.8 Å². The quantitative estimate of drug-likeness (QED) is 0.277. The SMILES string of the molecule is C=CC(NCCCC(=O)O)P(=O)(O)O. The molecule has 6 nitrogen and oxygen atoms in total. The Morgan fingerprint density at radius 1 is 1.57 bits per heavy atom. The molecule has 0 spiro atoms. The van der Waals surface area contributed by atoms with Gasteiger partial charge < -0.3 is 20.2 Å². The van der Waals surface area contributed by atoms with Crippen LogP contribution in [0, 0.1) is 0 Å². The van der Waals surface area contributed by atoms with Gasteiger partial charge in [0.15, 0.2) is 0 Å². The molecule has 1 unspecified atom stereocenters. The molecule has 0 aliphatic carbocycles. The molecule has 0 bridgehead atoms. The Kier molecular flexibility index (Phi) is 5.64. The molecule has 0 aliphatic rings. The molecule has 0 rings (SSSR count). The smallest absolute Gasteiger partial charge is 0.346 e. The zero-order valence-corrected chi connectivity index (χ0v) is 8.48. The number of hydrogen-bond donors (Lipinski definition) is 4. The topological polar surface area (TPSA) is 107 Å². The van der Waals surface area contributed by atoms with E-state index in [1.54, 1.807) is 0 Å². The van der Waals surface area contributed by atoms with E-state index in [0.29, 0.717) is 6.42 Å². The number of rotatable bonds is 7. The molecule has 0 saturated carbocycles. The van der Waals surface area contributed by atoms with Crippen LogP contribution in [0.4, 0.5) is 0 Å². The summed E-state index contributed by atoms with van der Waals surface area (Å²) < 4.78 is 10.7. The first-order valence-electron chi connectivity index (χ1n) is 4.01. The van der Waals surface area contributed by atoms with Gasteiger partial charge in [0.25, 0.3) is 0 Å². The lowest BCUT2D eigenvalue weighted by Crippen LogP contribution is -2.28. The van der Waals surface area contributed by atoms with Crippen LogP contribution in [0.1, 0.15) is 12.8 Å². The first-order chi connectivity index (χ1) is 6.38. The largest absolute Gasteiger partial charge is 0.481 e. The van der Waals surface area contributed by atoms with Crippen LogP contribution >= 0.6 is 7.60 Å². The third kappa shape index (κ3) is 5.88. The molecule has 0 aromatic heterocycles. The van der Waals surface area contributed by atoms with Crippen LogP contribution in [0.15, 0.2) is 12.7 Å². The summed E-state index contributed by atoms with van der Waals surface area (Å²) in [5.74, 6) is -2.03. The van der Waals surface area contributed by atoms with E-state index in [0.717, 1.165) is 6.08 Å². The fourth-order valence-electron chi connectivity index (χ4n) is 0.829. The average Bonchev–Trinajstić information content (AvgIpc) is 2.01. The molecule has 0 fully saturated rings. The third-order valence-electron chi connectivity index (χ3n) is 1.51. The molecule has 0 amide bonds. The molecule has 0 radical (unpaired) electrons. The van der Waals surface area contributed by atoms with Crippen molar-refractivity contribution in [3.8, 4) is 0 Å². The van der Waals surface area contributed by atoms with Crippen molar-refractivity contribution in [2.45, 2.75) is 18.6 Å². The maximum atomic E-state index is 10.7. The Morgan fingerprint density at radius 2 is 2.14 bits per heavy atom. The zero-order valence-electron chi connectivity index (χ0n) is 7.59. The lowest BCUT2D eigenvalue weighted by molar-refractivity contribution is -0.137. The maximum Gasteiger partial charge on any atom is 0.346 e. The number of nitrogens with one attached hydrogen (secondary N) is 1. The monoisotopic (exact) mass is 223 g/mol. The van der Waals surface area contributed by atoms with Gasteiger partial charge in [-0.25, -0.2) is 0 Å². The molecular formula is C7H14NO5P. The number of carbonyl (C=O) groups is 1. The van der Waals surface area contributed by atoms with Gasteiger partial charge in [0, 0.05) is 6.42 Å². The molecule has 0 aromatic rings. The normalized spacial score (nSPS) is 13.6. The number of hydrogen-bond acceptors (Lipinski definition) is 3. The minimum atomic E-state index is -4.22. The molecule has 0 heterocycles. The predicted octanol–water partition coefficient (Wildman–Crippen LogP) is 0.131. The Balaban J connectivity index is 3.81. The van der Waals surface area contributed by atoms with Gasteiger partial charge in [0.05, 0.1) is 0 Å². The summed E-state index contributed by atoms with van der Waals surface area (Å²) in [6, 6.07) is 0. The van der Waals surface area contributed by atoms with Gasteiger partial charge in [-0.15, -0.1) is 6.58 Å². The lowest BCUT2D eigenvalue weighted by atomic mass is 10.3. The van der Waals surface area contributed by atoms with Gasteiger partial charge >= 0.3 is 13.6 Å². The van der Waals surface area contributed by atoms with E-state index in [1.807, 2.05) is 0 Å². The van der Waals surface area contributed by atoms with Crippen molar-refractivity contribution in [1.29, 1.82) is 0 Å². The van der Waals surface area contributed by atoms with E-state index < -0.39 is 19.3 Å². The third-order valence-corrected chi connectivity index (χ3v) is 2.62. The summed E-state index contributed by atoms with van der Waals surface area (Å²) in [5.41, 5.74) is 0. The summed E-state index contributed by atoms with van der Waals surface area (Å²) in [5, 5.41) is 10.8. The molecule has 14 heavy (non-hydrogen) atoms. The molecule has 0 aromatic carbocycles. The first kappa shape index (κ1) is 13.3. The Morgan fingerprint density at radius 3 is 2.50 bits per heavy atom. The molecule has 7 heteroatoms. The first-order valence-corrected chi connectivity index (χ1v) is 5.69. The van der Waals surface area contributed by atoms with E-state index in [2.05, 4.69) is 11.9 Å². The van der Waals surface area contributed by atoms with Crippen molar-refractivity contribution in [2.75, 3.05) is 6.54 Å². The molecule has 82 valence electrons. The fraction of sp³-hybridized carbons (Fsp3) is 0.571. The highest BCUT2D eigenvalue weighted by Gasteiger charge is 2.24. The second-order valence-electron chi connectivity index (χ2n) is 2.72. The van der Waals surface area contributed by atoms with Crippen LogP contribution in [0.25, 0.3) is 0 Å². The van der Waals surface area contributed by atoms with Gasteiger partial charge in [-0.1, -0.05) is 6.08 Å². The van der Waals surface area contributed by atoms with Crippen LogP contribution in [0.5, 0.6) is 0 Å². The lowest BCUT2D eigenvalue weighted by Gasteiger charge is -2.15. The highest BCUT2D eigenvalue weighted by molar-refractivity contribution is 7.52. The molecule has 1 atom stereocenters. The Hall–Kier alpha value is -0.680. The average molecular weight is 223 g/mol. The minimum Gasteiger partial charge on any atom is -0.481 e. The number of carboxylic acids is 1. The van der Waals surface area contributed by atoms with Gasteiger partial charge in [-0.2, -0.15) is 0 Å². The predicted molar refractivity (Wildman–Crippen MR) is 50.9 cm³/mol. The van der Waals surface area contributed by atoms with E-state index in [4.69, 9.17) is 14.9 Å². The van der Waals surface area contributed by atoms with Crippen LogP contribution in [-0.4, -0.2) is 33.2 Å². The minimum absolute atomic E-state index is 0.0297. The fourth-order valence-corrected chi connectivity index (χ4v) is 1.47. The Bertz CT molecular complexity index is 248. The maximum absolute atomic E-state index is 10.7. The van der Waals surface area contributed by atoms with E-state index in [9.17, 15) is 9.36 Å². The van der Waals surface area contributed by atoms with Crippen molar-refractivity contribution in [1.82, 2.24) is 5.32 Å². The second-order valence-corrected chi connectivity index (χ2v) is 4.46. The van der Waals surface area contributed by atoms with E-state index in [-0.39, 0.29) is 13.0 Å². The van der Waals surface area contributed by atoms with Crippen molar-refractivity contribution in [2.24, 2.45) is 0 Å². The highest BCUT2D eigenvalue weighted by Crippen LogP contribution is 2.39. The van der Waals surface area contributed by atoms with Gasteiger partial charge in [0.2, 0.25) is 0 Å². The molecule has 0 saturated heterocycles. The van der Waals surface area contributed by atoms with Gasteiger partial charge in [0.1, 0.15) is 5.78 Å². The van der Waals surface area contributed by atoms with Crippen LogP contribution < -0.4 is 5.32 Å².